The van der Waals surface area contributed by atoms with Crippen LogP contribution >= 0.6 is 0 Å². The maximum absolute atomic E-state index is 13.4. The first-order chi connectivity index (χ1) is 13.0. The summed E-state index contributed by atoms with van der Waals surface area (Å²) in [6.07, 6.45) is 2.06. The Bertz CT molecular complexity index is 993. The molecule has 1 fully saturated rings. The molecule has 0 saturated carbocycles. The van der Waals surface area contributed by atoms with Gasteiger partial charge in [0, 0.05) is 49.8 Å². The van der Waals surface area contributed by atoms with E-state index in [2.05, 4.69) is 41.2 Å². The van der Waals surface area contributed by atoms with Gasteiger partial charge in [-0.2, -0.15) is 0 Å². The lowest BCUT2D eigenvalue weighted by Crippen LogP contribution is -2.46. The highest BCUT2D eigenvalue weighted by Gasteiger charge is 2.24. The van der Waals surface area contributed by atoms with Crippen molar-refractivity contribution in [2.75, 3.05) is 31.1 Å². The minimum Gasteiger partial charge on any atom is -0.363 e. The molecule has 1 aromatic heterocycles. The molecule has 27 heavy (non-hydrogen) atoms. The fourth-order valence-corrected chi connectivity index (χ4v) is 3.72. The van der Waals surface area contributed by atoms with Crippen molar-refractivity contribution >= 4 is 22.3 Å². The third-order valence-electron chi connectivity index (χ3n) is 5.16. The molecule has 0 bridgehead atoms. The van der Waals surface area contributed by atoms with Gasteiger partial charge in [-0.25, -0.2) is 4.39 Å². The number of halogens is 1. The number of piperazine rings is 1. The summed E-state index contributed by atoms with van der Waals surface area (Å²) >= 11 is 0. The standard InChI is InChI=1S/C20H21FN4O2/c1-14-2-4-18-17(10-14)15(12-22-18)13-23-6-8-24(9-7-23)19-5-3-16(21)11-20(19)25(26)27/h2-5,10-12,22H,6-9,13H2,1H3. The van der Waals surface area contributed by atoms with Gasteiger partial charge in [-0.15, -0.1) is 0 Å². The Hall–Kier alpha value is -2.93. The van der Waals surface area contributed by atoms with E-state index >= 15 is 0 Å². The molecule has 140 valence electrons. The summed E-state index contributed by atoms with van der Waals surface area (Å²) in [7, 11) is 0. The summed E-state index contributed by atoms with van der Waals surface area (Å²) in [6.45, 7) is 5.87. The molecule has 4 rings (SSSR count). The first-order valence-corrected chi connectivity index (χ1v) is 8.99. The molecule has 0 aliphatic carbocycles. The number of aromatic nitrogens is 1. The lowest BCUT2D eigenvalue weighted by molar-refractivity contribution is -0.384. The Morgan fingerprint density at radius 2 is 1.93 bits per heavy atom. The molecule has 1 aliphatic heterocycles. The predicted molar refractivity (Wildman–Crippen MR) is 104 cm³/mol. The molecule has 7 heteroatoms. The molecular formula is C20H21FN4O2. The first kappa shape index (κ1) is 17.5. The van der Waals surface area contributed by atoms with E-state index in [0.717, 1.165) is 31.2 Å². The van der Waals surface area contributed by atoms with E-state index in [9.17, 15) is 14.5 Å². The van der Waals surface area contributed by atoms with E-state index in [-0.39, 0.29) is 5.69 Å². The van der Waals surface area contributed by atoms with E-state index in [1.807, 2.05) is 4.90 Å². The van der Waals surface area contributed by atoms with E-state index < -0.39 is 10.7 Å². The zero-order valence-corrected chi connectivity index (χ0v) is 15.1. The predicted octanol–water partition coefficient (Wildman–Crippen LogP) is 3.85. The highest BCUT2D eigenvalue weighted by Crippen LogP contribution is 2.30. The van der Waals surface area contributed by atoms with Crippen LogP contribution in [0.2, 0.25) is 0 Å². The second kappa shape index (κ2) is 7.00. The smallest absolute Gasteiger partial charge is 0.295 e. The van der Waals surface area contributed by atoms with Gasteiger partial charge >= 0.3 is 0 Å². The molecule has 0 radical (unpaired) electrons. The number of nitrogens with zero attached hydrogens (tertiary/aromatic N) is 3. The van der Waals surface area contributed by atoms with Crippen LogP contribution < -0.4 is 4.90 Å². The molecule has 6 nitrogen and oxygen atoms in total. The topological polar surface area (TPSA) is 65.4 Å². The summed E-state index contributed by atoms with van der Waals surface area (Å²) in [4.78, 5) is 18.4. The fourth-order valence-electron chi connectivity index (χ4n) is 3.72. The monoisotopic (exact) mass is 368 g/mol. The maximum atomic E-state index is 13.4. The number of fused-ring (bicyclic) bond motifs is 1. The van der Waals surface area contributed by atoms with Crippen molar-refractivity contribution in [3.63, 3.8) is 0 Å². The van der Waals surface area contributed by atoms with Crippen LogP contribution in [0.15, 0.2) is 42.6 Å². The van der Waals surface area contributed by atoms with Gasteiger partial charge in [0.05, 0.1) is 11.0 Å². The van der Waals surface area contributed by atoms with Crippen molar-refractivity contribution in [2.45, 2.75) is 13.5 Å². The minimum atomic E-state index is -0.585. The largest absolute Gasteiger partial charge is 0.363 e. The van der Waals surface area contributed by atoms with Crippen LogP contribution in [-0.2, 0) is 6.54 Å². The van der Waals surface area contributed by atoms with Crippen LogP contribution in [0.1, 0.15) is 11.1 Å². The van der Waals surface area contributed by atoms with Gasteiger partial charge in [0.25, 0.3) is 5.69 Å². The summed E-state index contributed by atoms with van der Waals surface area (Å²) in [5.74, 6) is -0.585. The van der Waals surface area contributed by atoms with Gasteiger partial charge in [0.15, 0.2) is 0 Å². The SMILES string of the molecule is Cc1ccc2[nH]cc(CN3CCN(c4ccc(F)cc4[N+](=O)[O-])CC3)c2c1. The van der Waals surface area contributed by atoms with Crippen molar-refractivity contribution in [2.24, 2.45) is 0 Å². The van der Waals surface area contributed by atoms with Gasteiger partial charge in [0.2, 0.25) is 0 Å². The van der Waals surface area contributed by atoms with Crippen LogP contribution in [0.3, 0.4) is 0 Å². The fraction of sp³-hybridized carbons (Fsp3) is 0.300. The molecule has 3 aromatic rings. The van der Waals surface area contributed by atoms with Crippen LogP contribution in [0.4, 0.5) is 15.8 Å². The lowest BCUT2D eigenvalue weighted by atomic mass is 10.1. The molecule has 0 spiro atoms. The van der Waals surface area contributed by atoms with Crippen molar-refractivity contribution < 1.29 is 9.31 Å². The normalized spacial score (nSPS) is 15.4. The highest BCUT2D eigenvalue weighted by atomic mass is 19.1. The molecule has 1 N–H and O–H groups in total. The third kappa shape index (κ3) is 3.50. The van der Waals surface area contributed by atoms with E-state index in [1.165, 1.54) is 28.6 Å². The second-order valence-electron chi connectivity index (χ2n) is 7.02. The van der Waals surface area contributed by atoms with E-state index in [0.29, 0.717) is 18.8 Å². The Kier molecular flexibility index (Phi) is 4.53. The van der Waals surface area contributed by atoms with Crippen molar-refractivity contribution in [3.8, 4) is 0 Å². The third-order valence-corrected chi connectivity index (χ3v) is 5.16. The van der Waals surface area contributed by atoms with Gasteiger partial charge in [-0.05, 0) is 36.8 Å². The van der Waals surface area contributed by atoms with E-state index in [4.69, 9.17) is 0 Å². The lowest BCUT2D eigenvalue weighted by Gasteiger charge is -2.35. The van der Waals surface area contributed by atoms with Crippen molar-refractivity contribution in [1.82, 2.24) is 9.88 Å². The number of aromatic amines is 1. The molecule has 2 heterocycles. The average molecular weight is 368 g/mol. The van der Waals surface area contributed by atoms with Gasteiger partial charge in [-0.3, -0.25) is 15.0 Å². The second-order valence-corrected chi connectivity index (χ2v) is 7.02. The van der Waals surface area contributed by atoms with Crippen molar-refractivity contribution in [3.05, 3.63) is 69.7 Å². The Morgan fingerprint density at radius 3 is 2.67 bits per heavy atom. The number of nitrogens with one attached hydrogen (secondary N) is 1. The number of nitro groups is 1. The average Bonchev–Trinajstić information content (AvgIpc) is 3.04. The van der Waals surface area contributed by atoms with E-state index in [1.54, 1.807) is 0 Å². The number of anilines is 1. The molecular weight excluding hydrogens is 347 g/mol. The zero-order chi connectivity index (χ0) is 19.0. The molecule has 1 aliphatic rings. The van der Waals surface area contributed by atoms with Crippen LogP contribution in [0, 0.1) is 22.9 Å². The van der Waals surface area contributed by atoms with Gasteiger partial charge in [0.1, 0.15) is 11.5 Å². The molecule has 0 unspecified atom stereocenters. The van der Waals surface area contributed by atoms with Crippen LogP contribution in [-0.4, -0.2) is 41.0 Å². The zero-order valence-electron chi connectivity index (χ0n) is 15.1. The first-order valence-electron chi connectivity index (χ1n) is 8.99. The molecule has 2 aromatic carbocycles. The maximum Gasteiger partial charge on any atom is 0.295 e. The summed E-state index contributed by atoms with van der Waals surface area (Å²) in [5, 5.41) is 12.5. The summed E-state index contributed by atoms with van der Waals surface area (Å²) in [5.41, 5.74) is 3.95. The number of rotatable bonds is 4. The van der Waals surface area contributed by atoms with Gasteiger partial charge < -0.3 is 9.88 Å². The molecule has 0 amide bonds. The number of hydrogen-bond acceptors (Lipinski definition) is 4. The minimum absolute atomic E-state index is 0.171. The Balaban J connectivity index is 1.46. The number of aryl methyl sites for hydroxylation is 1. The van der Waals surface area contributed by atoms with Crippen LogP contribution in [0.5, 0.6) is 0 Å². The quantitative estimate of drug-likeness (QED) is 0.561. The number of nitro benzene ring substituents is 1. The van der Waals surface area contributed by atoms with Crippen LogP contribution in [0.25, 0.3) is 10.9 Å². The number of H-pyrrole nitrogens is 1. The molecule has 1 saturated heterocycles. The molecule has 0 atom stereocenters. The number of benzene rings is 2. The van der Waals surface area contributed by atoms with Gasteiger partial charge in [-0.1, -0.05) is 11.6 Å². The number of hydrogen-bond donors (Lipinski definition) is 1. The summed E-state index contributed by atoms with van der Waals surface area (Å²) < 4.78 is 13.4. The summed E-state index contributed by atoms with van der Waals surface area (Å²) in [6, 6.07) is 10.2. The van der Waals surface area contributed by atoms with Crippen molar-refractivity contribution in [1.29, 1.82) is 0 Å². The highest BCUT2D eigenvalue weighted by molar-refractivity contribution is 5.83. The Morgan fingerprint density at radius 1 is 1.15 bits per heavy atom. The Labute approximate surface area is 156 Å².